The molecule has 1 aromatic carbocycles. The molecule has 0 amide bonds. The summed E-state index contributed by atoms with van der Waals surface area (Å²) >= 11 is 7.18. The molecule has 0 N–H and O–H groups in total. The van der Waals surface area contributed by atoms with Crippen LogP contribution in [0, 0.1) is 13.0 Å². The summed E-state index contributed by atoms with van der Waals surface area (Å²) in [6.45, 7) is 0. The molecule has 0 unspecified atom stereocenters. The lowest BCUT2D eigenvalue weighted by molar-refractivity contribution is 0.612. The SMILES string of the molecule is Fc1c(I)ccc(I)c1Br. The van der Waals surface area contributed by atoms with E-state index in [4.69, 9.17) is 0 Å². The molecule has 0 atom stereocenters. The van der Waals surface area contributed by atoms with Gasteiger partial charge in [-0.2, -0.15) is 0 Å². The van der Waals surface area contributed by atoms with Crippen molar-refractivity contribution in [2.75, 3.05) is 0 Å². The summed E-state index contributed by atoms with van der Waals surface area (Å²) in [5.41, 5.74) is 0. The van der Waals surface area contributed by atoms with E-state index in [-0.39, 0.29) is 5.82 Å². The Morgan fingerprint density at radius 1 is 1.20 bits per heavy atom. The van der Waals surface area contributed by atoms with E-state index in [2.05, 4.69) is 38.5 Å². The molecule has 0 saturated carbocycles. The van der Waals surface area contributed by atoms with Crippen molar-refractivity contribution in [2.24, 2.45) is 0 Å². The lowest BCUT2D eigenvalue weighted by atomic mass is 10.4. The average Bonchev–Trinajstić information content (AvgIpc) is 1.93. The summed E-state index contributed by atoms with van der Waals surface area (Å²) < 4.78 is 15.0. The third-order valence-corrected chi connectivity index (χ3v) is 4.24. The van der Waals surface area contributed by atoms with Gasteiger partial charge < -0.3 is 0 Å². The standard InChI is InChI=1S/C6H2BrFI2/c7-5-3(9)1-2-4(10)6(5)8/h1-2H. The molecule has 0 aliphatic rings. The van der Waals surface area contributed by atoms with Crippen molar-refractivity contribution in [1.82, 2.24) is 0 Å². The van der Waals surface area contributed by atoms with Gasteiger partial charge >= 0.3 is 0 Å². The van der Waals surface area contributed by atoms with Crippen LogP contribution in [0.4, 0.5) is 4.39 Å². The molecule has 0 aromatic heterocycles. The van der Waals surface area contributed by atoms with Gasteiger partial charge in [-0.05, 0) is 73.2 Å². The molecule has 0 fully saturated rings. The Labute approximate surface area is 94.0 Å². The molecule has 10 heavy (non-hydrogen) atoms. The smallest absolute Gasteiger partial charge is 0.151 e. The van der Waals surface area contributed by atoms with E-state index in [0.717, 1.165) is 3.57 Å². The number of hydrogen-bond acceptors (Lipinski definition) is 0. The number of rotatable bonds is 0. The normalized spacial score (nSPS) is 10.0. The highest BCUT2D eigenvalue weighted by atomic mass is 127. The molecule has 0 nitrogen and oxygen atoms in total. The van der Waals surface area contributed by atoms with E-state index in [1.165, 1.54) is 0 Å². The molecule has 0 aliphatic carbocycles. The minimum absolute atomic E-state index is 0.174. The van der Waals surface area contributed by atoms with Crippen LogP contribution in [0.5, 0.6) is 0 Å². The molecule has 4 heteroatoms. The van der Waals surface area contributed by atoms with Crippen LogP contribution >= 0.6 is 61.1 Å². The van der Waals surface area contributed by atoms with Crippen LogP contribution in [-0.4, -0.2) is 0 Å². The second-order valence-corrected chi connectivity index (χ2v) is 4.77. The Morgan fingerprint density at radius 3 is 2.20 bits per heavy atom. The Bertz CT molecular complexity index is 235. The Morgan fingerprint density at radius 2 is 1.70 bits per heavy atom. The van der Waals surface area contributed by atoms with Gasteiger partial charge in [0.2, 0.25) is 0 Å². The Kier molecular flexibility index (Phi) is 3.36. The summed E-state index contributed by atoms with van der Waals surface area (Å²) in [6.07, 6.45) is 0. The zero-order chi connectivity index (χ0) is 7.72. The third kappa shape index (κ3) is 1.82. The summed E-state index contributed by atoms with van der Waals surface area (Å²) in [5.74, 6) is -0.174. The molecule has 0 aliphatic heterocycles. The summed E-state index contributed by atoms with van der Waals surface area (Å²) in [5, 5.41) is 0. The fourth-order valence-electron chi connectivity index (χ4n) is 0.502. The molecular weight excluding hydrogens is 425 g/mol. The second kappa shape index (κ2) is 3.66. The Balaban J connectivity index is 3.34. The highest BCUT2D eigenvalue weighted by molar-refractivity contribution is 14.1. The number of halogens is 4. The van der Waals surface area contributed by atoms with Crippen LogP contribution in [0.2, 0.25) is 0 Å². The lowest BCUT2D eigenvalue weighted by Gasteiger charge is -1.98. The van der Waals surface area contributed by atoms with E-state index in [9.17, 15) is 4.39 Å². The van der Waals surface area contributed by atoms with Crippen LogP contribution in [0.25, 0.3) is 0 Å². The van der Waals surface area contributed by atoms with Crippen molar-refractivity contribution < 1.29 is 4.39 Å². The molecule has 0 bridgehead atoms. The number of benzene rings is 1. The van der Waals surface area contributed by atoms with Gasteiger partial charge in [0.25, 0.3) is 0 Å². The van der Waals surface area contributed by atoms with Crippen molar-refractivity contribution in [3.8, 4) is 0 Å². The van der Waals surface area contributed by atoms with Crippen molar-refractivity contribution >= 4 is 61.1 Å². The minimum Gasteiger partial charge on any atom is -0.205 e. The fourth-order valence-corrected chi connectivity index (χ4v) is 2.08. The van der Waals surface area contributed by atoms with Gasteiger partial charge in [0.05, 0.1) is 8.04 Å². The van der Waals surface area contributed by atoms with Gasteiger partial charge in [-0.15, -0.1) is 0 Å². The summed E-state index contributed by atoms with van der Waals surface area (Å²) in [6, 6.07) is 3.62. The third-order valence-electron chi connectivity index (χ3n) is 0.988. The Hall–Kier alpha value is 1.09. The molecule has 0 spiro atoms. The van der Waals surface area contributed by atoms with E-state index >= 15 is 0 Å². The topological polar surface area (TPSA) is 0 Å². The van der Waals surface area contributed by atoms with Crippen molar-refractivity contribution in [1.29, 1.82) is 0 Å². The van der Waals surface area contributed by atoms with E-state index in [1.54, 1.807) is 6.07 Å². The lowest BCUT2D eigenvalue weighted by Crippen LogP contribution is -1.85. The molecule has 1 aromatic rings. The predicted molar refractivity (Wildman–Crippen MR) is 59.5 cm³/mol. The highest BCUT2D eigenvalue weighted by Gasteiger charge is 2.05. The first-order chi connectivity index (χ1) is 4.63. The minimum atomic E-state index is -0.174. The van der Waals surface area contributed by atoms with Gasteiger partial charge in [-0.3, -0.25) is 0 Å². The average molecular weight is 427 g/mol. The first-order valence-corrected chi connectivity index (χ1v) is 5.37. The van der Waals surface area contributed by atoms with Crippen LogP contribution in [0.15, 0.2) is 16.6 Å². The maximum absolute atomic E-state index is 12.9. The summed E-state index contributed by atoms with van der Waals surface area (Å²) in [4.78, 5) is 0. The van der Waals surface area contributed by atoms with Gasteiger partial charge in [-0.25, -0.2) is 4.39 Å². The quantitative estimate of drug-likeness (QED) is 0.336. The van der Waals surface area contributed by atoms with Crippen LogP contribution in [0.1, 0.15) is 0 Å². The molecule has 54 valence electrons. The maximum atomic E-state index is 12.9. The summed E-state index contributed by atoms with van der Waals surface area (Å²) in [7, 11) is 0. The molecule has 0 heterocycles. The first kappa shape index (κ1) is 9.18. The van der Waals surface area contributed by atoms with Crippen molar-refractivity contribution in [3.63, 3.8) is 0 Å². The molecular formula is C6H2BrFI2. The zero-order valence-electron chi connectivity index (χ0n) is 4.67. The van der Waals surface area contributed by atoms with Crippen LogP contribution in [-0.2, 0) is 0 Å². The molecule has 1 rings (SSSR count). The molecule has 0 radical (unpaired) electrons. The largest absolute Gasteiger partial charge is 0.205 e. The van der Waals surface area contributed by atoms with E-state index in [1.807, 2.05) is 28.7 Å². The molecule has 0 saturated heterocycles. The zero-order valence-corrected chi connectivity index (χ0v) is 10.6. The van der Waals surface area contributed by atoms with Gasteiger partial charge in [0, 0.05) is 3.57 Å². The van der Waals surface area contributed by atoms with E-state index < -0.39 is 0 Å². The monoisotopic (exact) mass is 426 g/mol. The number of hydrogen-bond donors (Lipinski definition) is 0. The van der Waals surface area contributed by atoms with E-state index in [0.29, 0.717) is 8.04 Å². The maximum Gasteiger partial charge on any atom is 0.151 e. The fraction of sp³-hybridized carbons (Fsp3) is 0. The van der Waals surface area contributed by atoms with Crippen LogP contribution in [0.3, 0.4) is 0 Å². The highest BCUT2D eigenvalue weighted by Crippen LogP contribution is 2.25. The van der Waals surface area contributed by atoms with Crippen molar-refractivity contribution in [3.05, 3.63) is 29.6 Å². The predicted octanol–water partition coefficient (Wildman–Crippen LogP) is 3.80. The van der Waals surface area contributed by atoms with Gasteiger partial charge in [0.15, 0.2) is 5.82 Å². The van der Waals surface area contributed by atoms with Gasteiger partial charge in [0.1, 0.15) is 0 Å². The van der Waals surface area contributed by atoms with Gasteiger partial charge in [-0.1, -0.05) is 0 Å². The second-order valence-electron chi connectivity index (χ2n) is 1.66. The van der Waals surface area contributed by atoms with Crippen molar-refractivity contribution in [2.45, 2.75) is 0 Å². The first-order valence-electron chi connectivity index (χ1n) is 2.42. The van der Waals surface area contributed by atoms with Crippen LogP contribution < -0.4 is 0 Å².